The zero-order valence-electron chi connectivity index (χ0n) is 7.40. The molecular weight excluding hydrogens is 140 g/mol. The molecule has 0 bridgehead atoms. The normalized spacial score (nSPS) is 28.5. The standard InChI is InChI=1S/C8H16N2O/c1-8(2)4-6(10-5-8)7(11)9-3/h6,10H,4-5H2,1-3H3,(H,9,11). The van der Waals surface area contributed by atoms with Gasteiger partial charge in [-0.3, -0.25) is 4.79 Å². The Bertz CT molecular complexity index is 165. The predicted molar refractivity (Wildman–Crippen MR) is 44.3 cm³/mol. The molecule has 0 saturated carbocycles. The molecule has 1 unspecified atom stereocenters. The van der Waals surface area contributed by atoms with Crippen LogP contribution in [0.5, 0.6) is 0 Å². The highest BCUT2D eigenvalue weighted by molar-refractivity contribution is 5.81. The zero-order chi connectivity index (χ0) is 8.48. The third kappa shape index (κ3) is 1.93. The molecule has 0 aromatic carbocycles. The van der Waals surface area contributed by atoms with Gasteiger partial charge in [0.1, 0.15) is 0 Å². The number of amides is 1. The second-order valence-corrected chi connectivity index (χ2v) is 3.92. The molecule has 0 radical (unpaired) electrons. The van der Waals surface area contributed by atoms with Gasteiger partial charge in [0, 0.05) is 13.6 Å². The summed E-state index contributed by atoms with van der Waals surface area (Å²) in [5.41, 5.74) is 0.275. The summed E-state index contributed by atoms with van der Waals surface area (Å²) in [6.45, 7) is 5.27. The van der Waals surface area contributed by atoms with E-state index >= 15 is 0 Å². The van der Waals surface area contributed by atoms with Crippen LogP contribution in [0.25, 0.3) is 0 Å². The maximum atomic E-state index is 11.1. The summed E-state index contributed by atoms with van der Waals surface area (Å²) in [5.74, 6) is 0.107. The van der Waals surface area contributed by atoms with Crippen molar-refractivity contribution >= 4 is 5.91 Å². The average molecular weight is 156 g/mol. The average Bonchev–Trinajstić information content (AvgIpc) is 2.29. The highest BCUT2D eigenvalue weighted by Crippen LogP contribution is 2.26. The van der Waals surface area contributed by atoms with Crippen LogP contribution in [0, 0.1) is 5.41 Å². The molecule has 1 heterocycles. The van der Waals surface area contributed by atoms with Crippen molar-refractivity contribution in [1.29, 1.82) is 0 Å². The molecule has 0 spiro atoms. The van der Waals surface area contributed by atoms with Crippen LogP contribution in [0.3, 0.4) is 0 Å². The lowest BCUT2D eigenvalue weighted by molar-refractivity contribution is -0.122. The number of likely N-dealkylation sites (N-methyl/N-ethyl adjacent to an activating group) is 1. The molecule has 1 amide bonds. The monoisotopic (exact) mass is 156 g/mol. The van der Waals surface area contributed by atoms with Crippen LogP contribution in [0.15, 0.2) is 0 Å². The molecule has 1 atom stereocenters. The molecule has 1 saturated heterocycles. The number of rotatable bonds is 1. The minimum atomic E-state index is 0.0231. The largest absolute Gasteiger partial charge is 0.358 e. The first kappa shape index (κ1) is 8.53. The second-order valence-electron chi connectivity index (χ2n) is 3.92. The quantitative estimate of drug-likeness (QED) is 0.566. The van der Waals surface area contributed by atoms with Crippen molar-refractivity contribution < 1.29 is 4.79 Å². The molecule has 0 aliphatic carbocycles. The van der Waals surface area contributed by atoms with Gasteiger partial charge in [0.25, 0.3) is 0 Å². The Balaban J connectivity index is 2.48. The summed E-state index contributed by atoms with van der Waals surface area (Å²) in [6, 6.07) is 0.0231. The van der Waals surface area contributed by atoms with Crippen molar-refractivity contribution in [1.82, 2.24) is 10.6 Å². The van der Waals surface area contributed by atoms with Gasteiger partial charge in [-0.15, -0.1) is 0 Å². The maximum absolute atomic E-state index is 11.1. The van der Waals surface area contributed by atoms with Crippen LogP contribution in [0.1, 0.15) is 20.3 Å². The van der Waals surface area contributed by atoms with E-state index in [0.29, 0.717) is 0 Å². The number of carbonyl (C=O) groups is 1. The smallest absolute Gasteiger partial charge is 0.236 e. The van der Waals surface area contributed by atoms with Crippen LogP contribution in [-0.2, 0) is 4.79 Å². The van der Waals surface area contributed by atoms with Crippen LogP contribution in [0.4, 0.5) is 0 Å². The molecule has 1 rings (SSSR count). The Kier molecular flexibility index (Phi) is 2.18. The third-order valence-corrected chi connectivity index (χ3v) is 2.15. The lowest BCUT2D eigenvalue weighted by atomic mass is 9.90. The Morgan fingerprint density at radius 3 is 2.64 bits per heavy atom. The topological polar surface area (TPSA) is 41.1 Å². The first-order valence-electron chi connectivity index (χ1n) is 4.00. The molecule has 0 aromatic rings. The van der Waals surface area contributed by atoms with Gasteiger partial charge in [-0.1, -0.05) is 13.8 Å². The fourth-order valence-electron chi connectivity index (χ4n) is 1.46. The molecule has 1 aliphatic rings. The summed E-state index contributed by atoms with van der Waals surface area (Å²) < 4.78 is 0. The van der Waals surface area contributed by atoms with Crippen molar-refractivity contribution in [3.63, 3.8) is 0 Å². The number of hydrogen-bond acceptors (Lipinski definition) is 2. The van der Waals surface area contributed by atoms with E-state index in [1.54, 1.807) is 7.05 Å². The van der Waals surface area contributed by atoms with Crippen LogP contribution >= 0.6 is 0 Å². The summed E-state index contributed by atoms with van der Waals surface area (Å²) >= 11 is 0. The summed E-state index contributed by atoms with van der Waals surface area (Å²) in [4.78, 5) is 11.1. The third-order valence-electron chi connectivity index (χ3n) is 2.15. The van der Waals surface area contributed by atoms with Crippen LogP contribution in [-0.4, -0.2) is 25.5 Å². The van der Waals surface area contributed by atoms with Gasteiger partial charge in [-0.2, -0.15) is 0 Å². The Morgan fingerprint density at radius 2 is 2.27 bits per heavy atom. The molecule has 3 heteroatoms. The van der Waals surface area contributed by atoms with E-state index < -0.39 is 0 Å². The van der Waals surface area contributed by atoms with Gasteiger partial charge < -0.3 is 10.6 Å². The van der Waals surface area contributed by atoms with Crippen molar-refractivity contribution in [3.05, 3.63) is 0 Å². The van der Waals surface area contributed by atoms with Gasteiger partial charge in [-0.05, 0) is 11.8 Å². The van der Waals surface area contributed by atoms with E-state index in [1.165, 1.54) is 0 Å². The van der Waals surface area contributed by atoms with Crippen LogP contribution < -0.4 is 10.6 Å². The summed E-state index contributed by atoms with van der Waals surface area (Å²) in [5, 5.41) is 5.83. The fourth-order valence-corrected chi connectivity index (χ4v) is 1.46. The molecule has 1 fully saturated rings. The minimum absolute atomic E-state index is 0.0231. The van der Waals surface area contributed by atoms with Crippen LogP contribution in [0.2, 0.25) is 0 Å². The van der Waals surface area contributed by atoms with Crippen molar-refractivity contribution in [2.24, 2.45) is 5.41 Å². The van der Waals surface area contributed by atoms with Gasteiger partial charge in [0.15, 0.2) is 0 Å². The fraction of sp³-hybridized carbons (Fsp3) is 0.875. The van der Waals surface area contributed by atoms with E-state index in [2.05, 4.69) is 24.5 Å². The van der Waals surface area contributed by atoms with Crippen molar-refractivity contribution in [3.8, 4) is 0 Å². The van der Waals surface area contributed by atoms with Gasteiger partial charge in [0.05, 0.1) is 6.04 Å². The van der Waals surface area contributed by atoms with E-state index in [4.69, 9.17) is 0 Å². The molecule has 1 aliphatic heterocycles. The number of hydrogen-bond donors (Lipinski definition) is 2. The lowest BCUT2D eigenvalue weighted by Gasteiger charge is -2.14. The van der Waals surface area contributed by atoms with Crippen molar-refractivity contribution in [2.45, 2.75) is 26.3 Å². The van der Waals surface area contributed by atoms with E-state index in [1.807, 2.05) is 0 Å². The zero-order valence-corrected chi connectivity index (χ0v) is 7.40. The summed E-state index contributed by atoms with van der Waals surface area (Å²) in [6.07, 6.45) is 0.937. The molecule has 11 heavy (non-hydrogen) atoms. The van der Waals surface area contributed by atoms with Gasteiger partial charge in [0.2, 0.25) is 5.91 Å². The number of carbonyl (C=O) groups excluding carboxylic acids is 1. The lowest BCUT2D eigenvalue weighted by Crippen LogP contribution is -2.38. The maximum Gasteiger partial charge on any atom is 0.236 e. The molecule has 64 valence electrons. The van der Waals surface area contributed by atoms with Gasteiger partial charge in [-0.25, -0.2) is 0 Å². The minimum Gasteiger partial charge on any atom is -0.358 e. The van der Waals surface area contributed by atoms with Gasteiger partial charge >= 0.3 is 0 Å². The molecule has 0 aromatic heterocycles. The van der Waals surface area contributed by atoms with E-state index in [-0.39, 0.29) is 17.4 Å². The summed E-state index contributed by atoms with van der Waals surface area (Å²) in [7, 11) is 1.68. The first-order chi connectivity index (χ1) is 5.05. The van der Waals surface area contributed by atoms with Crippen molar-refractivity contribution in [2.75, 3.05) is 13.6 Å². The SMILES string of the molecule is CNC(=O)C1CC(C)(C)CN1. The highest BCUT2D eigenvalue weighted by Gasteiger charge is 2.33. The predicted octanol–water partition coefficient (Wildman–Crippen LogP) is 0.120. The highest BCUT2D eigenvalue weighted by atomic mass is 16.2. The van der Waals surface area contributed by atoms with E-state index in [0.717, 1.165) is 13.0 Å². The Labute approximate surface area is 67.5 Å². The second kappa shape index (κ2) is 2.81. The molecular formula is C8H16N2O. The Hall–Kier alpha value is -0.570. The van der Waals surface area contributed by atoms with E-state index in [9.17, 15) is 4.79 Å². The first-order valence-corrected chi connectivity index (χ1v) is 4.00. The Morgan fingerprint density at radius 1 is 1.64 bits per heavy atom. The molecule has 2 N–H and O–H groups in total. The molecule has 3 nitrogen and oxygen atoms in total. The number of nitrogens with one attached hydrogen (secondary N) is 2.